The van der Waals surface area contributed by atoms with E-state index in [2.05, 4.69) is 10.3 Å². The Morgan fingerprint density at radius 3 is 2.59 bits per heavy atom. The molecule has 0 fully saturated rings. The molecule has 6 heteroatoms. The fraction of sp³-hybridized carbons (Fsp3) is 0.188. The standard InChI is InChI=1S/C16H15ClN2O3/c1-11(15(20)19-9-12-5-3-2-4-6-12)22-16(21)13-7-8-14(17)18-10-13/h2-8,10-11H,9H2,1H3,(H,19,20)/t11-/m0/s1. The van der Waals surface area contributed by atoms with Crippen LogP contribution in [0.25, 0.3) is 0 Å². The van der Waals surface area contributed by atoms with Gasteiger partial charge in [-0.3, -0.25) is 4.79 Å². The molecule has 0 saturated carbocycles. The summed E-state index contributed by atoms with van der Waals surface area (Å²) in [5.41, 5.74) is 1.21. The number of hydrogen-bond acceptors (Lipinski definition) is 4. The minimum atomic E-state index is -0.896. The molecule has 0 radical (unpaired) electrons. The van der Waals surface area contributed by atoms with Crippen molar-refractivity contribution < 1.29 is 14.3 Å². The lowest BCUT2D eigenvalue weighted by molar-refractivity contribution is -0.129. The van der Waals surface area contributed by atoms with Gasteiger partial charge in [0.2, 0.25) is 0 Å². The fourth-order valence-electron chi connectivity index (χ4n) is 1.71. The molecular formula is C16H15ClN2O3. The lowest BCUT2D eigenvalue weighted by Gasteiger charge is -2.13. The fourth-order valence-corrected chi connectivity index (χ4v) is 1.82. The molecule has 0 saturated heterocycles. The van der Waals surface area contributed by atoms with Gasteiger partial charge >= 0.3 is 5.97 Å². The molecule has 22 heavy (non-hydrogen) atoms. The monoisotopic (exact) mass is 318 g/mol. The van der Waals surface area contributed by atoms with Crippen LogP contribution in [0.5, 0.6) is 0 Å². The quantitative estimate of drug-likeness (QED) is 0.679. The largest absolute Gasteiger partial charge is 0.449 e. The maximum Gasteiger partial charge on any atom is 0.340 e. The van der Waals surface area contributed by atoms with Crippen molar-refractivity contribution >= 4 is 23.5 Å². The summed E-state index contributed by atoms with van der Waals surface area (Å²) in [5.74, 6) is -0.981. The molecule has 2 aromatic rings. The highest BCUT2D eigenvalue weighted by Crippen LogP contribution is 2.08. The van der Waals surface area contributed by atoms with Crippen LogP contribution in [0.2, 0.25) is 5.15 Å². The Morgan fingerprint density at radius 2 is 1.95 bits per heavy atom. The Hall–Kier alpha value is -2.40. The lowest BCUT2D eigenvalue weighted by atomic mass is 10.2. The maximum atomic E-state index is 11.9. The van der Waals surface area contributed by atoms with Crippen LogP contribution < -0.4 is 5.32 Å². The Balaban J connectivity index is 1.85. The van der Waals surface area contributed by atoms with E-state index in [1.165, 1.54) is 25.3 Å². The summed E-state index contributed by atoms with van der Waals surface area (Å²) in [5, 5.41) is 2.99. The number of carbonyl (C=O) groups is 2. The van der Waals surface area contributed by atoms with Crippen LogP contribution in [0.3, 0.4) is 0 Å². The van der Waals surface area contributed by atoms with Crippen molar-refractivity contribution in [1.29, 1.82) is 0 Å². The third-order valence-electron chi connectivity index (χ3n) is 2.93. The summed E-state index contributed by atoms with van der Waals surface area (Å²) < 4.78 is 5.09. The number of rotatable bonds is 5. The second kappa shape index (κ2) is 7.56. The first-order valence-corrected chi connectivity index (χ1v) is 7.08. The van der Waals surface area contributed by atoms with Crippen molar-refractivity contribution in [2.24, 2.45) is 0 Å². The van der Waals surface area contributed by atoms with Crippen LogP contribution in [-0.4, -0.2) is 23.0 Å². The van der Waals surface area contributed by atoms with Crippen molar-refractivity contribution in [2.45, 2.75) is 19.6 Å². The zero-order valence-corrected chi connectivity index (χ0v) is 12.7. The van der Waals surface area contributed by atoms with Gasteiger partial charge in [-0.05, 0) is 24.6 Å². The molecule has 0 aliphatic heterocycles. The third kappa shape index (κ3) is 4.56. The number of aromatic nitrogens is 1. The summed E-state index contributed by atoms with van der Waals surface area (Å²) in [6, 6.07) is 12.4. The van der Waals surface area contributed by atoms with Crippen molar-refractivity contribution in [3.63, 3.8) is 0 Å². The molecular weight excluding hydrogens is 304 g/mol. The minimum Gasteiger partial charge on any atom is -0.449 e. The third-order valence-corrected chi connectivity index (χ3v) is 3.15. The van der Waals surface area contributed by atoms with Gasteiger partial charge in [0.15, 0.2) is 6.10 Å². The zero-order chi connectivity index (χ0) is 15.9. The molecule has 1 atom stereocenters. The highest BCUT2D eigenvalue weighted by molar-refractivity contribution is 6.29. The molecule has 0 bridgehead atoms. The van der Waals surface area contributed by atoms with Gasteiger partial charge in [-0.25, -0.2) is 9.78 Å². The number of nitrogens with one attached hydrogen (secondary N) is 1. The topological polar surface area (TPSA) is 68.3 Å². The Kier molecular flexibility index (Phi) is 5.49. The van der Waals surface area contributed by atoms with Crippen molar-refractivity contribution in [3.05, 3.63) is 64.9 Å². The zero-order valence-electron chi connectivity index (χ0n) is 12.0. The van der Waals surface area contributed by atoms with E-state index < -0.39 is 12.1 Å². The maximum absolute atomic E-state index is 11.9. The predicted molar refractivity (Wildman–Crippen MR) is 82.4 cm³/mol. The van der Waals surface area contributed by atoms with E-state index in [1.54, 1.807) is 0 Å². The van der Waals surface area contributed by atoms with E-state index in [-0.39, 0.29) is 16.6 Å². The van der Waals surface area contributed by atoms with E-state index in [1.807, 2.05) is 30.3 Å². The number of halogens is 1. The van der Waals surface area contributed by atoms with Gasteiger partial charge in [0.05, 0.1) is 5.56 Å². The highest BCUT2D eigenvalue weighted by Gasteiger charge is 2.18. The molecule has 0 aliphatic carbocycles. The predicted octanol–water partition coefficient (Wildman–Crippen LogP) is 2.60. The van der Waals surface area contributed by atoms with E-state index in [9.17, 15) is 9.59 Å². The van der Waals surface area contributed by atoms with Crippen LogP contribution in [0.15, 0.2) is 48.7 Å². The first-order chi connectivity index (χ1) is 10.6. The highest BCUT2D eigenvalue weighted by atomic mass is 35.5. The van der Waals surface area contributed by atoms with Crippen LogP contribution in [0.1, 0.15) is 22.8 Å². The van der Waals surface area contributed by atoms with E-state index in [4.69, 9.17) is 16.3 Å². The van der Waals surface area contributed by atoms with Gasteiger partial charge in [0.25, 0.3) is 5.91 Å². The van der Waals surface area contributed by atoms with Gasteiger partial charge in [0.1, 0.15) is 5.15 Å². The van der Waals surface area contributed by atoms with Crippen molar-refractivity contribution in [3.8, 4) is 0 Å². The minimum absolute atomic E-state index is 0.243. The average molecular weight is 319 g/mol. The number of amides is 1. The number of esters is 1. The lowest BCUT2D eigenvalue weighted by Crippen LogP contribution is -2.35. The average Bonchev–Trinajstić information content (AvgIpc) is 2.54. The van der Waals surface area contributed by atoms with Gasteiger partial charge in [0, 0.05) is 12.7 Å². The Bertz CT molecular complexity index is 644. The molecule has 0 aliphatic rings. The van der Waals surface area contributed by atoms with E-state index in [0.29, 0.717) is 6.54 Å². The molecule has 5 nitrogen and oxygen atoms in total. The first kappa shape index (κ1) is 16.0. The van der Waals surface area contributed by atoms with Gasteiger partial charge in [-0.2, -0.15) is 0 Å². The molecule has 0 unspecified atom stereocenters. The summed E-state index contributed by atoms with van der Waals surface area (Å²) in [7, 11) is 0. The van der Waals surface area contributed by atoms with Crippen LogP contribution >= 0.6 is 11.6 Å². The van der Waals surface area contributed by atoms with Crippen LogP contribution in [0, 0.1) is 0 Å². The van der Waals surface area contributed by atoms with Gasteiger partial charge < -0.3 is 10.1 Å². The number of ether oxygens (including phenoxy) is 1. The summed E-state index contributed by atoms with van der Waals surface area (Å²) in [4.78, 5) is 27.6. The second-order valence-electron chi connectivity index (χ2n) is 4.62. The van der Waals surface area contributed by atoms with Gasteiger partial charge in [-0.15, -0.1) is 0 Å². The second-order valence-corrected chi connectivity index (χ2v) is 5.01. The summed E-state index contributed by atoms with van der Waals surface area (Å²) in [6.07, 6.45) is 0.408. The summed E-state index contributed by atoms with van der Waals surface area (Å²) in [6.45, 7) is 1.89. The molecule has 114 valence electrons. The Labute approximate surface area is 133 Å². The normalized spacial score (nSPS) is 11.5. The SMILES string of the molecule is C[C@H](OC(=O)c1ccc(Cl)nc1)C(=O)NCc1ccccc1. The van der Waals surface area contributed by atoms with Gasteiger partial charge in [-0.1, -0.05) is 41.9 Å². The molecule has 1 amide bonds. The molecule has 1 heterocycles. The molecule has 2 rings (SSSR count). The Morgan fingerprint density at radius 1 is 1.23 bits per heavy atom. The smallest absolute Gasteiger partial charge is 0.340 e. The molecule has 1 N–H and O–H groups in total. The van der Waals surface area contributed by atoms with Crippen molar-refractivity contribution in [1.82, 2.24) is 10.3 Å². The summed E-state index contributed by atoms with van der Waals surface area (Å²) >= 11 is 5.64. The number of hydrogen-bond donors (Lipinski definition) is 1. The number of benzene rings is 1. The van der Waals surface area contributed by atoms with E-state index >= 15 is 0 Å². The van der Waals surface area contributed by atoms with Crippen LogP contribution in [0.4, 0.5) is 0 Å². The van der Waals surface area contributed by atoms with Crippen molar-refractivity contribution in [2.75, 3.05) is 0 Å². The number of pyridine rings is 1. The number of nitrogens with zero attached hydrogens (tertiary/aromatic N) is 1. The first-order valence-electron chi connectivity index (χ1n) is 6.70. The molecule has 1 aromatic heterocycles. The molecule has 1 aromatic carbocycles. The van der Waals surface area contributed by atoms with E-state index in [0.717, 1.165) is 5.56 Å². The molecule has 0 spiro atoms. The number of carbonyl (C=O) groups excluding carboxylic acids is 2. The van der Waals surface area contributed by atoms with Crippen LogP contribution in [-0.2, 0) is 16.1 Å².